The summed E-state index contributed by atoms with van der Waals surface area (Å²) in [5, 5.41) is 17.5. The van der Waals surface area contributed by atoms with Crippen LogP contribution in [0.3, 0.4) is 0 Å². The van der Waals surface area contributed by atoms with E-state index in [4.69, 9.17) is 8.83 Å². The van der Waals surface area contributed by atoms with Gasteiger partial charge in [0.25, 0.3) is 5.91 Å². The lowest BCUT2D eigenvalue weighted by atomic mass is 9.95. The molecule has 0 bridgehead atoms. The van der Waals surface area contributed by atoms with Crippen LogP contribution in [0.2, 0.25) is 0 Å². The molecule has 194 valence electrons. The van der Waals surface area contributed by atoms with Gasteiger partial charge in [-0.1, -0.05) is 25.3 Å². The standard InChI is InChI=1S/C26H30N6O4S/c1-17-10-12-21(35-17)24(26(34)27-19-7-4-3-5-8-19)31(15-20-9-6-14-37-20)23(33)16-32-29-25(28-30-32)22-13-11-18(2)36-22/h6,9-14,19,24H,3-5,7-8,15-16H2,1-2H3,(H,27,34). The van der Waals surface area contributed by atoms with Crippen LogP contribution in [0.25, 0.3) is 11.6 Å². The van der Waals surface area contributed by atoms with Gasteiger partial charge in [-0.3, -0.25) is 9.59 Å². The third-order valence-corrected chi connectivity index (χ3v) is 7.32. The van der Waals surface area contributed by atoms with Gasteiger partial charge in [0.15, 0.2) is 11.8 Å². The molecular formula is C26H30N6O4S. The summed E-state index contributed by atoms with van der Waals surface area (Å²) in [4.78, 5) is 31.2. The summed E-state index contributed by atoms with van der Waals surface area (Å²) in [6.45, 7) is 3.71. The summed E-state index contributed by atoms with van der Waals surface area (Å²) < 4.78 is 11.5. The molecule has 2 amide bonds. The van der Waals surface area contributed by atoms with Gasteiger partial charge >= 0.3 is 0 Å². The van der Waals surface area contributed by atoms with Crippen LogP contribution in [0, 0.1) is 13.8 Å². The van der Waals surface area contributed by atoms with Gasteiger partial charge in [0.2, 0.25) is 11.7 Å². The van der Waals surface area contributed by atoms with Crippen molar-refractivity contribution in [3.63, 3.8) is 0 Å². The Balaban J connectivity index is 1.42. The van der Waals surface area contributed by atoms with Crippen LogP contribution in [-0.2, 0) is 22.7 Å². The largest absolute Gasteiger partial charge is 0.464 e. The molecule has 10 nitrogen and oxygen atoms in total. The molecule has 0 aromatic carbocycles. The van der Waals surface area contributed by atoms with E-state index in [0.717, 1.165) is 36.3 Å². The average Bonchev–Trinajstić information content (AvgIpc) is 3.69. The third kappa shape index (κ3) is 5.99. The lowest BCUT2D eigenvalue weighted by Crippen LogP contribution is -2.47. The highest BCUT2D eigenvalue weighted by Gasteiger charge is 2.35. The fourth-order valence-electron chi connectivity index (χ4n) is 4.62. The average molecular weight is 523 g/mol. The molecule has 11 heteroatoms. The molecule has 1 N–H and O–H groups in total. The summed E-state index contributed by atoms with van der Waals surface area (Å²) in [7, 11) is 0. The molecule has 0 saturated heterocycles. The second kappa shape index (κ2) is 11.1. The Morgan fingerprint density at radius 1 is 1.11 bits per heavy atom. The van der Waals surface area contributed by atoms with Crippen LogP contribution in [0.5, 0.6) is 0 Å². The molecule has 0 aliphatic heterocycles. The van der Waals surface area contributed by atoms with Crippen LogP contribution in [0.4, 0.5) is 0 Å². The van der Waals surface area contributed by atoms with Crippen LogP contribution < -0.4 is 5.32 Å². The molecule has 4 aromatic heterocycles. The molecule has 0 radical (unpaired) electrons. The molecule has 1 atom stereocenters. The SMILES string of the molecule is Cc1ccc(-c2nnn(CC(=O)N(Cc3cccs3)C(C(=O)NC3CCCCC3)c3ccc(C)o3)n2)o1. The molecular weight excluding hydrogens is 492 g/mol. The normalized spacial score (nSPS) is 15.0. The highest BCUT2D eigenvalue weighted by molar-refractivity contribution is 7.09. The van der Waals surface area contributed by atoms with Gasteiger partial charge in [-0.2, -0.15) is 4.80 Å². The minimum Gasteiger partial charge on any atom is -0.464 e. The molecule has 1 saturated carbocycles. The molecule has 1 fully saturated rings. The van der Waals surface area contributed by atoms with Gasteiger partial charge in [0.1, 0.15) is 23.8 Å². The van der Waals surface area contributed by atoms with Gasteiger partial charge in [-0.25, -0.2) is 0 Å². The van der Waals surface area contributed by atoms with Crippen molar-refractivity contribution in [1.82, 2.24) is 30.4 Å². The number of aryl methyl sites for hydroxylation is 2. The number of aromatic nitrogens is 4. The number of hydrogen-bond donors (Lipinski definition) is 1. The highest BCUT2D eigenvalue weighted by atomic mass is 32.1. The topological polar surface area (TPSA) is 119 Å². The molecule has 37 heavy (non-hydrogen) atoms. The van der Waals surface area contributed by atoms with E-state index in [0.29, 0.717) is 23.1 Å². The zero-order valence-corrected chi connectivity index (χ0v) is 21.7. The number of carbonyl (C=O) groups is 2. The molecule has 1 unspecified atom stereocenters. The van der Waals surface area contributed by atoms with E-state index in [1.165, 1.54) is 22.6 Å². The first-order chi connectivity index (χ1) is 18.0. The summed E-state index contributed by atoms with van der Waals surface area (Å²) in [6, 6.07) is 10.2. The van der Waals surface area contributed by atoms with Gasteiger partial charge < -0.3 is 19.1 Å². The van der Waals surface area contributed by atoms with Crippen LogP contribution in [-0.4, -0.2) is 43.0 Å². The Kier molecular flexibility index (Phi) is 7.50. The van der Waals surface area contributed by atoms with Crippen molar-refractivity contribution in [1.29, 1.82) is 0 Å². The zero-order chi connectivity index (χ0) is 25.8. The molecule has 4 aromatic rings. The minimum absolute atomic E-state index is 0.0924. The Labute approximate surface area is 218 Å². The second-order valence-corrected chi connectivity index (χ2v) is 10.4. The first-order valence-electron chi connectivity index (χ1n) is 12.5. The number of furan rings is 2. The van der Waals surface area contributed by atoms with E-state index >= 15 is 0 Å². The number of tetrazole rings is 1. The maximum Gasteiger partial charge on any atom is 0.250 e. The smallest absolute Gasteiger partial charge is 0.250 e. The van der Waals surface area contributed by atoms with Crippen molar-refractivity contribution in [3.8, 4) is 11.6 Å². The van der Waals surface area contributed by atoms with Crippen molar-refractivity contribution in [3.05, 3.63) is 63.9 Å². The van der Waals surface area contributed by atoms with E-state index in [1.54, 1.807) is 23.1 Å². The summed E-state index contributed by atoms with van der Waals surface area (Å²) >= 11 is 1.52. The van der Waals surface area contributed by atoms with Gasteiger partial charge in [0.05, 0.1) is 6.54 Å². The summed E-state index contributed by atoms with van der Waals surface area (Å²) in [5.41, 5.74) is 0. The monoisotopic (exact) mass is 522 g/mol. The lowest BCUT2D eigenvalue weighted by Gasteiger charge is -2.31. The molecule has 4 heterocycles. The van der Waals surface area contributed by atoms with Crippen LogP contribution >= 0.6 is 11.3 Å². The van der Waals surface area contributed by atoms with Crippen molar-refractivity contribution < 1.29 is 18.4 Å². The van der Waals surface area contributed by atoms with E-state index in [-0.39, 0.29) is 30.9 Å². The Hall–Kier alpha value is -3.73. The van der Waals surface area contributed by atoms with Gasteiger partial charge in [0, 0.05) is 10.9 Å². The van der Waals surface area contributed by atoms with Gasteiger partial charge in [-0.05, 0) is 67.6 Å². The maximum absolute atomic E-state index is 13.8. The number of carbonyl (C=O) groups excluding carboxylic acids is 2. The number of amides is 2. The number of thiophene rings is 1. The van der Waals surface area contributed by atoms with E-state index in [1.807, 2.05) is 37.4 Å². The van der Waals surface area contributed by atoms with Crippen LogP contribution in [0.1, 0.15) is 60.3 Å². The number of nitrogens with one attached hydrogen (secondary N) is 1. The summed E-state index contributed by atoms with van der Waals surface area (Å²) in [6.07, 6.45) is 5.23. The molecule has 1 aliphatic rings. The third-order valence-electron chi connectivity index (χ3n) is 6.46. The minimum atomic E-state index is -0.930. The second-order valence-electron chi connectivity index (χ2n) is 9.35. The first-order valence-corrected chi connectivity index (χ1v) is 13.4. The quantitative estimate of drug-likeness (QED) is 0.345. The van der Waals surface area contributed by atoms with Crippen LogP contribution in [0.15, 0.2) is 50.6 Å². The molecule has 1 aliphatic carbocycles. The Morgan fingerprint density at radius 2 is 1.89 bits per heavy atom. The fraction of sp³-hybridized carbons (Fsp3) is 0.423. The van der Waals surface area contributed by atoms with Gasteiger partial charge in [-0.15, -0.1) is 21.5 Å². The fourth-order valence-corrected chi connectivity index (χ4v) is 5.32. The predicted octanol–water partition coefficient (Wildman–Crippen LogP) is 4.42. The molecule has 5 rings (SSSR count). The number of rotatable bonds is 9. The first kappa shape index (κ1) is 24.9. The van der Waals surface area contributed by atoms with Crippen molar-refractivity contribution in [2.45, 2.75) is 71.1 Å². The Bertz CT molecular complexity index is 1330. The van der Waals surface area contributed by atoms with Crippen molar-refractivity contribution in [2.75, 3.05) is 0 Å². The van der Waals surface area contributed by atoms with Crippen molar-refractivity contribution in [2.24, 2.45) is 0 Å². The maximum atomic E-state index is 13.8. The lowest BCUT2D eigenvalue weighted by molar-refractivity contribution is -0.143. The molecule has 0 spiro atoms. The zero-order valence-electron chi connectivity index (χ0n) is 20.9. The van der Waals surface area contributed by atoms with E-state index in [2.05, 4.69) is 20.7 Å². The summed E-state index contributed by atoms with van der Waals surface area (Å²) in [5.74, 6) is 2.01. The number of hydrogen-bond acceptors (Lipinski definition) is 8. The van der Waals surface area contributed by atoms with E-state index in [9.17, 15) is 9.59 Å². The number of nitrogens with zero attached hydrogens (tertiary/aromatic N) is 5. The predicted molar refractivity (Wildman–Crippen MR) is 136 cm³/mol. The highest BCUT2D eigenvalue weighted by Crippen LogP contribution is 2.28. The van der Waals surface area contributed by atoms with Crippen molar-refractivity contribution >= 4 is 23.2 Å². The van der Waals surface area contributed by atoms with E-state index < -0.39 is 6.04 Å². The Morgan fingerprint density at radius 3 is 2.57 bits per heavy atom.